The molecule has 1 aliphatic rings. The van der Waals surface area contributed by atoms with E-state index in [1.165, 1.54) is 9.91 Å². The van der Waals surface area contributed by atoms with Crippen LogP contribution in [-0.4, -0.2) is 58.4 Å². The third-order valence-electron chi connectivity index (χ3n) is 2.36. The van der Waals surface area contributed by atoms with Gasteiger partial charge in [-0.15, -0.1) is 0 Å². The molecule has 1 heterocycles. The summed E-state index contributed by atoms with van der Waals surface area (Å²) in [4.78, 5) is 24.0. The highest BCUT2D eigenvalue weighted by molar-refractivity contribution is 5.76. The van der Waals surface area contributed by atoms with Gasteiger partial charge in [-0.3, -0.25) is 10.6 Å². The van der Waals surface area contributed by atoms with Gasteiger partial charge in [-0.05, 0) is 20.8 Å². The molecule has 1 saturated heterocycles. The first-order valence-electron chi connectivity index (χ1n) is 5.43. The Balaban J connectivity index is 2.62. The van der Waals surface area contributed by atoms with Crippen molar-refractivity contribution in [2.75, 3.05) is 19.6 Å². The van der Waals surface area contributed by atoms with Gasteiger partial charge < -0.3 is 14.7 Å². The molecule has 0 bridgehead atoms. The van der Waals surface area contributed by atoms with Crippen LogP contribution in [0.5, 0.6) is 0 Å². The minimum atomic E-state index is -1.04. The van der Waals surface area contributed by atoms with Gasteiger partial charge in [-0.25, -0.2) is 9.80 Å². The Hall–Kier alpha value is -1.34. The Labute approximate surface area is 100 Å². The highest BCUT2D eigenvalue weighted by atomic mass is 16.6. The number of carbonyl (C=O) groups is 2. The minimum absolute atomic E-state index is 0.0424. The van der Waals surface area contributed by atoms with Gasteiger partial charge in [-0.2, -0.15) is 0 Å². The molecule has 0 aliphatic carbocycles. The van der Waals surface area contributed by atoms with Crippen molar-refractivity contribution in [3.8, 4) is 0 Å². The number of hydrogen-bond donors (Lipinski definition) is 2. The molecule has 0 aromatic heterocycles. The summed E-state index contributed by atoms with van der Waals surface area (Å²) in [6, 6.07) is -0.878. The molecule has 98 valence electrons. The lowest BCUT2D eigenvalue weighted by atomic mass is 10.2. The maximum absolute atomic E-state index is 11.7. The van der Waals surface area contributed by atoms with Crippen molar-refractivity contribution in [1.82, 2.24) is 9.91 Å². The monoisotopic (exact) mass is 245 g/mol. The predicted molar refractivity (Wildman–Crippen MR) is 60.1 cm³/mol. The quantitative estimate of drug-likeness (QED) is 0.624. The number of hydrazine groups is 1. The Morgan fingerprint density at radius 2 is 1.94 bits per heavy atom. The summed E-state index contributed by atoms with van der Waals surface area (Å²) in [5.41, 5.74) is -0.588. The fourth-order valence-corrected chi connectivity index (χ4v) is 1.51. The lowest BCUT2D eigenvalue weighted by molar-refractivity contribution is -0.145. The van der Waals surface area contributed by atoms with Crippen molar-refractivity contribution in [2.45, 2.75) is 32.4 Å². The summed E-state index contributed by atoms with van der Waals surface area (Å²) < 4.78 is 5.18. The van der Waals surface area contributed by atoms with Gasteiger partial charge >= 0.3 is 12.1 Å². The van der Waals surface area contributed by atoms with Gasteiger partial charge in [0.25, 0.3) is 0 Å². The maximum atomic E-state index is 11.7. The molecule has 0 spiro atoms. The predicted octanol–water partition coefficient (Wildman–Crippen LogP) is -0.134. The molecule has 0 saturated carbocycles. The van der Waals surface area contributed by atoms with Gasteiger partial charge in [0.2, 0.25) is 0 Å². The first-order valence-corrected chi connectivity index (χ1v) is 5.43. The first-order chi connectivity index (χ1) is 7.70. The van der Waals surface area contributed by atoms with Crippen LogP contribution in [0.25, 0.3) is 0 Å². The highest BCUT2D eigenvalue weighted by Crippen LogP contribution is 2.13. The third kappa shape index (κ3) is 3.86. The summed E-state index contributed by atoms with van der Waals surface area (Å²) in [5.74, 6) is 4.50. The molecule has 1 atom stereocenters. The molecular formula is C10H19N3O4. The smallest absolute Gasteiger partial charge is 0.410 e. The second-order valence-electron chi connectivity index (χ2n) is 5.02. The first kappa shape index (κ1) is 13.7. The zero-order valence-corrected chi connectivity index (χ0v) is 10.3. The van der Waals surface area contributed by atoms with Crippen LogP contribution in [0.1, 0.15) is 20.8 Å². The van der Waals surface area contributed by atoms with E-state index in [-0.39, 0.29) is 6.54 Å². The number of piperazine rings is 1. The van der Waals surface area contributed by atoms with E-state index in [1.807, 2.05) is 0 Å². The Bertz CT molecular complexity index is 313. The summed E-state index contributed by atoms with van der Waals surface area (Å²) >= 11 is 0. The van der Waals surface area contributed by atoms with Gasteiger partial charge in [-0.1, -0.05) is 0 Å². The van der Waals surface area contributed by atoms with E-state index in [2.05, 4.69) is 0 Å². The van der Waals surface area contributed by atoms with Crippen LogP contribution in [0, 0.1) is 0 Å². The standard InChI is InChI=1S/C10H19N3O4/c1-10(2,3)17-9(16)12-4-5-13(11)7(6-12)8(14)15/h7H,4-6,11H2,1-3H3,(H,14,15). The number of carboxylic acids is 1. The van der Waals surface area contributed by atoms with Crippen LogP contribution >= 0.6 is 0 Å². The molecule has 1 unspecified atom stereocenters. The van der Waals surface area contributed by atoms with Gasteiger partial charge in [0.15, 0.2) is 0 Å². The summed E-state index contributed by atoms with van der Waals surface area (Å²) in [5, 5.41) is 10.2. The average Bonchev–Trinajstić information content (AvgIpc) is 2.14. The highest BCUT2D eigenvalue weighted by Gasteiger charge is 2.34. The number of nitrogens with zero attached hydrogens (tertiary/aromatic N) is 2. The zero-order chi connectivity index (χ0) is 13.2. The molecule has 0 aromatic carbocycles. The Kier molecular flexibility index (Phi) is 3.94. The van der Waals surface area contributed by atoms with E-state index in [0.717, 1.165) is 0 Å². The molecule has 7 nitrogen and oxygen atoms in total. The number of carboxylic acid groups (broad SMARTS) is 1. The molecule has 17 heavy (non-hydrogen) atoms. The molecule has 7 heteroatoms. The largest absolute Gasteiger partial charge is 0.480 e. The van der Waals surface area contributed by atoms with Crippen molar-refractivity contribution >= 4 is 12.1 Å². The fraction of sp³-hybridized carbons (Fsp3) is 0.800. The SMILES string of the molecule is CC(C)(C)OC(=O)N1CCN(N)C(C(=O)O)C1. The van der Waals surface area contributed by atoms with Gasteiger partial charge in [0.1, 0.15) is 11.6 Å². The van der Waals surface area contributed by atoms with E-state index < -0.39 is 23.7 Å². The molecule has 1 rings (SSSR count). The Morgan fingerprint density at radius 1 is 1.35 bits per heavy atom. The lowest BCUT2D eigenvalue weighted by Gasteiger charge is -2.37. The van der Waals surface area contributed by atoms with Crippen LogP contribution in [0.4, 0.5) is 4.79 Å². The number of amides is 1. The number of nitrogens with two attached hydrogens (primary N) is 1. The zero-order valence-electron chi connectivity index (χ0n) is 10.3. The van der Waals surface area contributed by atoms with Gasteiger partial charge in [0, 0.05) is 13.1 Å². The van der Waals surface area contributed by atoms with Crippen molar-refractivity contribution in [1.29, 1.82) is 0 Å². The lowest BCUT2D eigenvalue weighted by Crippen LogP contribution is -2.60. The number of ether oxygens (including phenoxy) is 1. The fourth-order valence-electron chi connectivity index (χ4n) is 1.51. The maximum Gasteiger partial charge on any atom is 0.410 e. The molecule has 3 N–H and O–H groups in total. The van der Waals surface area contributed by atoms with Crippen molar-refractivity contribution < 1.29 is 19.4 Å². The van der Waals surface area contributed by atoms with Crippen LogP contribution in [0.2, 0.25) is 0 Å². The Morgan fingerprint density at radius 3 is 2.41 bits per heavy atom. The average molecular weight is 245 g/mol. The van der Waals surface area contributed by atoms with E-state index >= 15 is 0 Å². The van der Waals surface area contributed by atoms with Crippen LogP contribution in [0.15, 0.2) is 0 Å². The summed E-state index contributed by atoms with van der Waals surface area (Å²) in [7, 11) is 0. The minimum Gasteiger partial charge on any atom is -0.480 e. The van der Waals surface area contributed by atoms with E-state index in [0.29, 0.717) is 13.1 Å². The number of hydrogen-bond acceptors (Lipinski definition) is 5. The van der Waals surface area contributed by atoms with Crippen molar-refractivity contribution in [3.05, 3.63) is 0 Å². The second-order valence-corrected chi connectivity index (χ2v) is 5.02. The van der Waals surface area contributed by atoms with Gasteiger partial charge in [0.05, 0.1) is 6.54 Å². The van der Waals surface area contributed by atoms with Crippen LogP contribution in [0.3, 0.4) is 0 Å². The summed E-state index contributed by atoms with van der Waals surface area (Å²) in [6.07, 6.45) is -0.503. The molecular weight excluding hydrogens is 226 g/mol. The number of rotatable bonds is 1. The topological polar surface area (TPSA) is 96.1 Å². The van der Waals surface area contributed by atoms with E-state index in [1.54, 1.807) is 20.8 Å². The molecule has 1 amide bonds. The number of aliphatic carboxylic acids is 1. The molecule has 1 aliphatic heterocycles. The second kappa shape index (κ2) is 4.89. The van der Waals surface area contributed by atoms with Crippen LogP contribution in [-0.2, 0) is 9.53 Å². The molecule has 0 aromatic rings. The summed E-state index contributed by atoms with van der Waals surface area (Å²) in [6.45, 7) is 6.02. The third-order valence-corrected chi connectivity index (χ3v) is 2.36. The van der Waals surface area contributed by atoms with E-state index in [9.17, 15) is 9.59 Å². The normalized spacial score (nSPS) is 22.4. The van der Waals surface area contributed by atoms with Crippen molar-refractivity contribution in [3.63, 3.8) is 0 Å². The number of carbonyl (C=O) groups excluding carboxylic acids is 1. The van der Waals surface area contributed by atoms with Crippen molar-refractivity contribution in [2.24, 2.45) is 5.84 Å². The molecule has 1 fully saturated rings. The van der Waals surface area contributed by atoms with E-state index in [4.69, 9.17) is 15.7 Å². The van der Waals surface area contributed by atoms with Crippen LogP contribution < -0.4 is 5.84 Å². The molecule has 0 radical (unpaired) electrons.